The molecule has 1 aliphatic carbocycles. The van der Waals surface area contributed by atoms with E-state index in [1.807, 2.05) is 61.5 Å². The first kappa shape index (κ1) is 18.2. The van der Waals surface area contributed by atoms with Gasteiger partial charge in [0.05, 0.1) is 29.9 Å². The highest BCUT2D eigenvalue weighted by Gasteiger charge is 2.34. The molecular weight excluding hydrogens is 392 g/mol. The molecule has 0 atom stereocenters. The zero-order valence-electron chi connectivity index (χ0n) is 17.1. The zero-order valence-corrected chi connectivity index (χ0v) is 17.1. The van der Waals surface area contributed by atoms with E-state index in [0.29, 0.717) is 60.2 Å². The number of carbonyl (C=O) groups excluding carboxylic acids is 1. The second-order valence-corrected chi connectivity index (χ2v) is 7.89. The van der Waals surface area contributed by atoms with Crippen molar-refractivity contribution < 1.29 is 18.8 Å². The van der Waals surface area contributed by atoms with Crippen LogP contribution < -0.4 is 9.64 Å². The summed E-state index contributed by atoms with van der Waals surface area (Å²) in [5.74, 6) is 1.89. The first-order valence-corrected chi connectivity index (χ1v) is 10.4. The number of morpholine rings is 1. The van der Waals surface area contributed by atoms with Crippen LogP contribution in [0, 0.1) is 6.92 Å². The normalized spacial score (nSPS) is 15.3. The Labute approximate surface area is 179 Å². The molecule has 6 rings (SSSR count). The molecule has 4 aromatic rings. The minimum Gasteiger partial charge on any atom is -0.455 e. The Morgan fingerprint density at radius 1 is 1.00 bits per heavy atom. The molecule has 0 spiro atoms. The van der Waals surface area contributed by atoms with E-state index in [-0.39, 0.29) is 5.78 Å². The molecule has 6 heteroatoms. The molecule has 0 bridgehead atoms. The van der Waals surface area contributed by atoms with Crippen molar-refractivity contribution in [1.82, 2.24) is 5.16 Å². The van der Waals surface area contributed by atoms with Gasteiger partial charge < -0.3 is 18.9 Å². The number of aryl methyl sites for hydroxylation is 1. The Balaban J connectivity index is 1.60. The Morgan fingerprint density at radius 2 is 1.74 bits per heavy atom. The maximum atomic E-state index is 13.6. The molecule has 3 aromatic carbocycles. The fourth-order valence-corrected chi connectivity index (χ4v) is 4.38. The van der Waals surface area contributed by atoms with Gasteiger partial charge in [0.2, 0.25) is 0 Å². The second kappa shape index (κ2) is 6.96. The van der Waals surface area contributed by atoms with Crippen molar-refractivity contribution in [2.45, 2.75) is 6.92 Å². The van der Waals surface area contributed by atoms with Crippen molar-refractivity contribution in [2.75, 3.05) is 31.2 Å². The van der Waals surface area contributed by atoms with Crippen molar-refractivity contribution in [2.24, 2.45) is 0 Å². The highest BCUT2D eigenvalue weighted by atomic mass is 16.5. The van der Waals surface area contributed by atoms with Crippen molar-refractivity contribution in [3.8, 4) is 22.8 Å². The van der Waals surface area contributed by atoms with Crippen LogP contribution in [0.15, 0.2) is 59.1 Å². The number of ether oxygens (including phenoxy) is 2. The van der Waals surface area contributed by atoms with Gasteiger partial charge in [0.1, 0.15) is 5.75 Å². The van der Waals surface area contributed by atoms with E-state index in [1.54, 1.807) is 0 Å². The van der Waals surface area contributed by atoms with Crippen LogP contribution in [0.25, 0.3) is 22.2 Å². The van der Waals surface area contributed by atoms with Crippen molar-refractivity contribution in [1.29, 1.82) is 0 Å². The molecule has 31 heavy (non-hydrogen) atoms. The lowest BCUT2D eigenvalue weighted by molar-refractivity contribution is 0.103. The van der Waals surface area contributed by atoms with E-state index in [2.05, 4.69) is 10.1 Å². The molecule has 2 aliphatic rings. The first-order valence-electron chi connectivity index (χ1n) is 10.4. The molecule has 0 amide bonds. The number of fused-ring (bicyclic) bond motifs is 2. The number of benzene rings is 3. The molecular formula is C25H20N2O4. The van der Waals surface area contributed by atoms with Gasteiger partial charge in [-0.15, -0.1) is 0 Å². The van der Waals surface area contributed by atoms with Gasteiger partial charge in [0.25, 0.3) is 0 Å². The number of nitrogens with zero attached hydrogens (tertiary/aromatic N) is 2. The Kier molecular flexibility index (Phi) is 4.07. The van der Waals surface area contributed by atoms with Gasteiger partial charge >= 0.3 is 0 Å². The zero-order chi connectivity index (χ0) is 20.9. The summed E-state index contributed by atoms with van der Waals surface area (Å²) in [5, 5.41) is 5.05. The highest BCUT2D eigenvalue weighted by molar-refractivity contribution is 6.28. The molecule has 1 aliphatic heterocycles. The molecule has 6 nitrogen and oxygen atoms in total. The van der Waals surface area contributed by atoms with Crippen LogP contribution in [0.3, 0.4) is 0 Å². The highest BCUT2D eigenvalue weighted by Crippen LogP contribution is 2.47. The topological polar surface area (TPSA) is 64.8 Å². The number of hydrogen-bond donors (Lipinski definition) is 0. The Bertz CT molecular complexity index is 1320. The molecule has 1 saturated heterocycles. The molecule has 2 heterocycles. The predicted octanol–water partition coefficient (Wildman–Crippen LogP) is 4.98. The lowest BCUT2D eigenvalue weighted by Gasteiger charge is -2.31. The lowest BCUT2D eigenvalue weighted by Crippen LogP contribution is -2.37. The third kappa shape index (κ3) is 2.83. The van der Waals surface area contributed by atoms with E-state index >= 15 is 0 Å². The quantitative estimate of drug-likeness (QED) is 0.417. The number of aromatic nitrogens is 1. The summed E-state index contributed by atoms with van der Waals surface area (Å²) in [6.07, 6.45) is 0. The van der Waals surface area contributed by atoms with E-state index in [4.69, 9.17) is 14.0 Å². The van der Waals surface area contributed by atoms with E-state index in [0.717, 1.165) is 22.2 Å². The maximum absolute atomic E-state index is 13.6. The van der Waals surface area contributed by atoms with Gasteiger partial charge in [-0.05, 0) is 19.1 Å². The Hall–Kier alpha value is -3.64. The minimum atomic E-state index is -0.0142. The molecule has 0 radical (unpaired) electrons. The Morgan fingerprint density at radius 3 is 2.52 bits per heavy atom. The number of hydrogen-bond acceptors (Lipinski definition) is 6. The minimum absolute atomic E-state index is 0.0142. The fourth-order valence-electron chi connectivity index (χ4n) is 4.38. The lowest BCUT2D eigenvalue weighted by atomic mass is 9.86. The number of anilines is 1. The van der Waals surface area contributed by atoms with Crippen LogP contribution in [0.5, 0.6) is 11.5 Å². The van der Waals surface area contributed by atoms with Gasteiger partial charge in [-0.1, -0.05) is 47.1 Å². The van der Waals surface area contributed by atoms with Gasteiger partial charge in [-0.3, -0.25) is 4.79 Å². The first-order chi connectivity index (χ1) is 15.2. The summed E-state index contributed by atoms with van der Waals surface area (Å²) in [6.45, 7) is 4.68. The molecule has 0 N–H and O–H groups in total. The van der Waals surface area contributed by atoms with Crippen LogP contribution >= 0.6 is 0 Å². The maximum Gasteiger partial charge on any atom is 0.196 e. The van der Waals surface area contributed by atoms with Gasteiger partial charge in [-0.25, -0.2) is 0 Å². The summed E-state index contributed by atoms with van der Waals surface area (Å²) >= 11 is 0. The van der Waals surface area contributed by atoms with Crippen molar-refractivity contribution >= 4 is 22.4 Å². The number of carbonyl (C=O) groups is 1. The largest absolute Gasteiger partial charge is 0.455 e. The van der Waals surface area contributed by atoms with Crippen molar-refractivity contribution in [3.63, 3.8) is 0 Å². The van der Waals surface area contributed by atoms with Crippen LogP contribution in [-0.4, -0.2) is 37.2 Å². The molecule has 1 fully saturated rings. The average Bonchev–Trinajstić information content (AvgIpc) is 3.26. The SMILES string of the molecule is Cc1ccc(Oc2cc(N3CCOCC3)c3c4c(onc24)-c2ccccc2C3=O)cc1. The molecule has 154 valence electrons. The second-order valence-electron chi connectivity index (χ2n) is 7.89. The van der Waals surface area contributed by atoms with Crippen LogP contribution in [-0.2, 0) is 4.74 Å². The van der Waals surface area contributed by atoms with Crippen LogP contribution in [0.4, 0.5) is 5.69 Å². The number of rotatable bonds is 3. The fraction of sp³-hybridized carbons (Fsp3) is 0.200. The summed E-state index contributed by atoms with van der Waals surface area (Å²) in [5.41, 5.74) is 4.58. The summed E-state index contributed by atoms with van der Waals surface area (Å²) < 4.78 is 17.6. The number of ketones is 1. The summed E-state index contributed by atoms with van der Waals surface area (Å²) in [4.78, 5) is 15.8. The monoisotopic (exact) mass is 412 g/mol. The van der Waals surface area contributed by atoms with E-state index < -0.39 is 0 Å². The third-order valence-electron chi connectivity index (χ3n) is 5.94. The predicted molar refractivity (Wildman–Crippen MR) is 117 cm³/mol. The van der Waals surface area contributed by atoms with Crippen LogP contribution in [0.1, 0.15) is 21.5 Å². The van der Waals surface area contributed by atoms with E-state index in [9.17, 15) is 4.79 Å². The van der Waals surface area contributed by atoms with Crippen molar-refractivity contribution in [3.05, 3.63) is 71.3 Å². The van der Waals surface area contributed by atoms with Gasteiger partial charge in [-0.2, -0.15) is 0 Å². The van der Waals surface area contributed by atoms with Crippen LogP contribution in [0.2, 0.25) is 0 Å². The smallest absolute Gasteiger partial charge is 0.196 e. The average molecular weight is 412 g/mol. The molecule has 0 unspecified atom stereocenters. The summed E-state index contributed by atoms with van der Waals surface area (Å²) in [7, 11) is 0. The summed E-state index contributed by atoms with van der Waals surface area (Å²) in [6, 6.07) is 17.3. The van der Waals surface area contributed by atoms with Gasteiger partial charge in [0, 0.05) is 30.3 Å². The molecule has 0 saturated carbocycles. The van der Waals surface area contributed by atoms with Gasteiger partial charge in [0.15, 0.2) is 22.8 Å². The standard InChI is InChI=1S/C25H20N2O4/c1-15-6-8-16(9-7-15)30-20-14-19(27-10-12-29-13-11-27)21-22-23(20)26-31-25(22)18-5-3-2-4-17(18)24(21)28/h2-9,14H,10-13H2,1H3. The molecule has 1 aromatic heterocycles. The van der Waals surface area contributed by atoms with E-state index in [1.165, 1.54) is 0 Å². The third-order valence-corrected chi connectivity index (χ3v) is 5.94.